The number of aromatic nitrogens is 4. The van der Waals surface area contributed by atoms with Gasteiger partial charge in [0.05, 0.1) is 11.4 Å². The lowest BCUT2D eigenvalue weighted by atomic mass is 10.1. The van der Waals surface area contributed by atoms with Crippen molar-refractivity contribution in [3.63, 3.8) is 0 Å². The van der Waals surface area contributed by atoms with Crippen LogP contribution in [0.2, 0.25) is 0 Å². The molecule has 11 heteroatoms. The summed E-state index contributed by atoms with van der Waals surface area (Å²) >= 11 is 0. The van der Waals surface area contributed by atoms with Crippen LogP contribution < -0.4 is 4.72 Å². The number of hydrogen-bond acceptors (Lipinski definition) is 5. The first-order valence-electron chi connectivity index (χ1n) is 8.68. The molecule has 3 heterocycles. The van der Waals surface area contributed by atoms with Crippen molar-refractivity contribution in [3.8, 4) is 16.8 Å². The second-order valence-corrected chi connectivity index (χ2v) is 7.99. The topological polar surface area (TPSA) is 89.8 Å². The molecule has 0 unspecified atom stereocenters. The van der Waals surface area contributed by atoms with Gasteiger partial charge in [-0.05, 0) is 37.6 Å². The minimum atomic E-state index is -5.51. The van der Waals surface area contributed by atoms with Crippen LogP contribution in [0.5, 0.6) is 0 Å². The van der Waals surface area contributed by atoms with Crippen LogP contribution in [0, 0.1) is 6.92 Å². The van der Waals surface area contributed by atoms with E-state index in [1.165, 1.54) is 23.1 Å². The van der Waals surface area contributed by atoms with Gasteiger partial charge in [0, 0.05) is 35.4 Å². The molecule has 0 saturated heterocycles. The van der Waals surface area contributed by atoms with Gasteiger partial charge in [-0.1, -0.05) is 13.3 Å². The van der Waals surface area contributed by atoms with E-state index in [4.69, 9.17) is 0 Å². The zero-order valence-corrected chi connectivity index (χ0v) is 16.4. The van der Waals surface area contributed by atoms with Gasteiger partial charge in [-0.25, -0.2) is 9.67 Å². The Kier molecular flexibility index (Phi) is 5.60. The normalized spacial score (nSPS) is 12.2. The summed E-state index contributed by atoms with van der Waals surface area (Å²) in [5, 5.41) is 4.47. The fourth-order valence-corrected chi connectivity index (χ4v) is 3.20. The van der Waals surface area contributed by atoms with E-state index >= 15 is 0 Å². The Hall–Kier alpha value is -2.95. The zero-order chi connectivity index (χ0) is 21.2. The van der Waals surface area contributed by atoms with Gasteiger partial charge in [0.2, 0.25) is 0 Å². The number of halogens is 3. The molecule has 0 aliphatic rings. The second kappa shape index (κ2) is 7.82. The molecule has 154 valence electrons. The molecule has 0 fully saturated rings. The molecule has 0 radical (unpaired) electrons. The zero-order valence-electron chi connectivity index (χ0n) is 15.6. The van der Waals surface area contributed by atoms with Crippen molar-refractivity contribution in [2.45, 2.75) is 32.2 Å². The number of nitrogens with zero attached hydrogens (tertiary/aromatic N) is 4. The van der Waals surface area contributed by atoms with Crippen LogP contribution >= 0.6 is 0 Å². The smallest absolute Gasteiger partial charge is 0.261 e. The average Bonchev–Trinajstić information content (AvgIpc) is 3.03. The van der Waals surface area contributed by atoms with E-state index in [2.05, 4.69) is 22.0 Å². The number of sulfonamides is 1. The first-order valence-corrected chi connectivity index (χ1v) is 10.2. The molecule has 0 bridgehead atoms. The minimum absolute atomic E-state index is 0.422. The Morgan fingerprint density at radius 2 is 1.93 bits per heavy atom. The summed E-state index contributed by atoms with van der Waals surface area (Å²) in [5.41, 5.74) is -1.64. The number of hydrogen-bond donors (Lipinski definition) is 1. The first-order chi connectivity index (χ1) is 13.6. The van der Waals surface area contributed by atoms with E-state index in [1.54, 1.807) is 24.0 Å². The monoisotopic (exact) mass is 425 g/mol. The molecule has 3 rings (SSSR count). The van der Waals surface area contributed by atoms with Crippen molar-refractivity contribution in [2.24, 2.45) is 0 Å². The largest absolute Gasteiger partial charge is 0.516 e. The molecule has 0 aliphatic carbocycles. The molecular formula is C18H18F3N5O2S. The van der Waals surface area contributed by atoms with Crippen LogP contribution in [0.25, 0.3) is 16.8 Å². The fourth-order valence-electron chi connectivity index (χ4n) is 2.69. The van der Waals surface area contributed by atoms with Crippen LogP contribution in [0.3, 0.4) is 0 Å². The van der Waals surface area contributed by atoms with Gasteiger partial charge in [-0.2, -0.15) is 26.7 Å². The van der Waals surface area contributed by atoms with Crippen molar-refractivity contribution in [1.82, 2.24) is 19.7 Å². The summed E-state index contributed by atoms with van der Waals surface area (Å²) < 4.78 is 62.8. The lowest BCUT2D eigenvalue weighted by molar-refractivity contribution is -0.0429. The van der Waals surface area contributed by atoms with E-state index in [0.717, 1.165) is 29.8 Å². The summed E-state index contributed by atoms with van der Waals surface area (Å²) in [4.78, 5) is 8.09. The molecular weight excluding hydrogens is 407 g/mol. The highest BCUT2D eigenvalue weighted by Crippen LogP contribution is 2.27. The van der Waals surface area contributed by atoms with E-state index in [0.29, 0.717) is 11.3 Å². The third-order valence-corrected chi connectivity index (χ3v) is 5.18. The maximum absolute atomic E-state index is 12.5. The van der Waals surface area contributed by atoms with Crippen molar-refractivity contribution >= 4 is 15.8 Å². The van der Waals surface area contributed by atoms with Gasteiger partial charge in [-0.3, -0.25) is 9.71 Å². The second-order valence-electron chi connectivity index (χ2n) is 6.31. The summed E-state index contributed by atoms with van der Waals surface area (Å²) in [5.74, 6) is -0.422. The lowest BCUT2D eigenvalue weighted by Gasteiger charge is -2.10. The molecule has 0 aromatic carbocycles. The molecule has 0 atom stereocenters. The Bertz CT molecular complexity index is 1110. The predicted molar refractivity (Wildman–Crippen MR) is 102 cm³/mol. The highest BCUT2D eigenvalue weighted by Gasteiger charge is 2.46. The van der Waals surface area contributed by atoms with Crippen molar-refractivity contribution in [2.75, 3.05) is 4.72 Å². The van der Waals surface area contributed by atoms with Crippen LogP contribution in [0.15, 0.2) is 42.9 Å². The maximum Gasteiger partial charge on any atom is 0.516 e. The lowest BCUT2D eigenvalue weighted by Crippen LogP contribution is -2.30. The summed E-state index contributed by atoms with van der Waals surface area (Å²) in [6.07, 6.45) is 6.59. The number of anilines is 1. The Morgan fingerprint density at radius 1 is 1.17 bits per heavy atom. The molecule has 3 aromatic rings. The minimum Gasteiger partial charge on any atom is -0.261 e. The van der Waals surface area contributed by atoms with Crippen molar-refractivity contribution in [3.05, 3.63) is 54.2 Å². The summed E-state index contributed by atoms with van der Waals surface area (Å²) in [6, 6.07) is 6.40. The molecule has 0 amide bonds. The molecule has 7 nitrogen and oxygen atoms in total. The molecule has 1 N–H and O–H groups in total. The molecule has 29 heavy (non-hydrogen) atoms. The van der Waals surface area contributed by atoms with Gasteiger partial charge >= 0.3 is 15.5 Å². The van der Waals surface area contributed by atoms with E-state index in [-0.39, 0.29) is 0 Å². The molecule has 0 aliphatic heterocycles. The number of aryl methyl sites for hydroxylation is 2. The number of rotatable bonds is 6. The number of alkyl halides is 3. The Morgan fingerprint density at radius 3 is 2.55 bits per heavy atom. The van der Waals surface area contributed by atoms with Gasteiger partial charge in [0.15, 0.2) is 0 Å². The van der Waals surface area contributed by atoms with Crippen LogP contribution in [0.4, 0.5) is 19.0 Å². The molecule has 3 aromatic heterocycles. The third-order valence-electron chi connectivity index (χ3n) is 4.09. The maximum atomic E-state index is 12.5. The molecule has 0 saturated carbocycles. The van der Waals surface area contributed by atoms with Crippen LogP contribution in [0.1, 0.15) is 24.7 Å². The van der Waals surface area contributed by atoms with Crippen molar-refractivity contribution in [1.29, 1.82) is 0 Å². The van der Waals surface area contributed by atoms with E-state index in [9.17, 15) is 21.6 Å². The van der Waals surface area contributed by atoms with Crippen LogP contribution in [-0.2, 0) is 16.4 Å². The Labute approximate surface area is 165 Å². The number of pyridine rings is 2. The van der Waals surface area contributed by atoms with Gasteiger partial charge < -0.3 is 0 Å². The predicted octanol–water partition coefficient (Wildman–Crippen LogP) is 3.85. The Balaban J connectivity index is 1.86. The van der Waals surface area contributed by atoms with Gasteiger partial charge in [-0.15, -0.1) is 0 Å². The highest BCUT2D eigenvalue weighted by molar-refractivity contribution is 7.93. The highest BCUT2D eigenvalue weighted by atomic mass is 32.2. The summed E-state index contributed by atoms with van der Waals surface area (Å²) in [7, 11) is -5.51. The van der Waals surface area contributed by atoms with Crippen molar-refractivity contribution < 1.29 is 21.6 Å². The SMILES string of the molecule is CCCc1cc(-n2cc(-c3ccc(NS(=O)(=O)C(F)(F)F)nc3)c(C)n2)ccn1. The third kappa shape index (κ3) is 4.56. The van der Waals surface area contributed by atoms with E-state index < -0.39 is 21.3 Å². The summed E-state index contributed by atoms with van der Waals surface area (Å²) in [6.45, 7) is 3.86. The standard InChI is InChI=1S/C18H18F3N5O2S/c1-3-4-14-9-15(7-8-22-14)26-11-16(12(2)24-26)13-5-6-17(23-10-13)25-29(27,28)18(19,20)21/h5-11H,3-4H2,1-2H3,(H,23,25). The number of nitrogens with one attached hydrogen (secondary N) is 1. The van der Waals surface area contributed by atoms with Crippen LogP contribution in [-0.4, -0.2) is 33.7 Å². The molecule has 0 spiro atoms. The fraction of sp³-hybridized carbons (Fsp3) is 0.278. The van der Waals surface area contributed by atoms with Gasteiger partial charge in [0.1, 0.15) is 5.82 Å². The average molecular weight is 425 g/mol. The van der Waals surface area contributed by atoms with Gasteiger partial charge in [0.25, 0.3) is 0 Å². The van der Waals surface area contributed by atoms with E-state index in [1.807, 2.05) is 12.1 Å². The first kappa shape index (κ1) is 20.8. The quantitative estimate of drug-likeness (QED) is 0.648.